The minimum Gasteiger partial charge on any atom is -0.466 e. The highest BCUT2D eigenvalue weighted by molar-refractivity contribution is 5.71. The molecule has 0 radical (unpaired) electrons. The van der Waals surface area contributed by atoms with Crippen molar-refractivity contribution in [2.75, 3.05) is 6.61 Å². The van der Waals surface area contributed by atoms with E-state index in [1.165, 1.54) is 18.2 Å². The van der Waals surface area contributed by atoms with Crippen LogP contribution in [0.25, 0.3) is 0 Å². The van der Waals surface area contributed by atoms with Crippen LogP contribution in [-0.2, 0) is 9.53 Å². The van der Waals surface area contributed by atoms with Gasteiger partial charge in [-0.3, -0.25) is 4.79 Å². The number of halogens is 2. The van der Waals surface area contributed by atoms with Crippen molar-refractivity contribution in [1.82, 2.24) is 0 Å². The molecule has 2 rings (SSSR count). The molecule has 2 N–H and O–H groups in total. The molecule has 1 aliphatic heterocycles. The zero-order valence-corrected chi connectivity index (χ0v) is 10.2. The first kappa shape index (κ1) is 13.5. The van der Waals surface area contributed by atoms with Gasteiger partial charge in [0.05, 0.1) is 13.0 Å². The van der Waals surface area contributed by atoms with Crippen molar-refractivity contribution in [2.24, 2.45) is 5.73 Å². The van der Waals surface area contributed by atoms with Crippen LogP contribution in [0, 0.1) is 0 Å². The lowest BCUT2D eigenvalue weighted by Crippen LogP contribution is -2.26. The molecular weight excluding hydrogens is 260 g/mol. The minimum absolute atomic E-state index is 0.0955. The first-order valence-corrected chi connectivity index (χ1v) is 5.73. The third-order valence-electron chi connectivity index (χ3n) is 2.55. The molecule has 0 aliphatic carbocycles. The van der Waals surface area contributed by atoms with Gasteiger partial charge in [0.25, 0.3) is 0 Å². The molecule has 1 atom stereocenters. The standard InChI is InChI=1S/C12H13F2NO4/c1-2-17-10(16)6-8(15)7-4-3-5-9-11(7)19-12(13,14)18-9/h3-5,8H,2,6,15H2,1H3/t8-/m0/s1. The summed E-state index contributed by atoms with van der Waals surface area (Å²) in [6.45, 7) is 1.90. The molecule has 1 aliphatic rings. The highest BCUT2D eigenvalue weighted by atomic mass is 19.3. The van der Waals surface area contributed by atoms with Crippen LogP contribution >= 0.6 is 0 Å². The highest BCUT2D eigenvalue weighted by Gasteiger charge is 2.45. The van der Waals surface area contributed by atoms with E-state index in [9.17, 15) is 13.6 Å². The van der Waals surface area contributed by atoms with Gasteiger partial charge in [0, 0.05) is 11.6 Å². The van der Waals surface area contributed by atoms with E-state index in [0.29, 0.717) is 0 Å². The van der Waals surface area contributed by atoms with Crippen LogP contribution in [0.2, 0.25) is 0 Å². The molecule has 0 unspecified atom stereocenters. The third-order valence-corrected chi connectivity index (χ3v) is 2.55. The number of hydrogen-bond acceptors (Lipinski definition) is 5. The number of carbonyl (C=O) groups is 1. The predicted octanol–water partition coefficient (Wildman–Crippen LogP) is 1.96. The maximum Gasteiger partial charge on any atom is 0.586 e. The second-order valence-corrected chi connectivity index (χ2v) is 3.96. The lowest BCUT2D eigenvalue weighted by atomic mass is 10.0. The second-order valence-electron chi connectivity index (χ2n) is 3.96. The van der Waals surface area contributed by atoms with Crippen molar-refractivity contribution >= 4 is 5.97 Å². The van der Waals surface area contributed by atoms with Gasteiger partial charge in [-0.05, 0) is 13.0 Å². The number of carbonyl (C=O) groups excluding carboxylic acids is 1. The van der Waals surface area contributed by atoms with Crippen LogP contribution in [0.4, 0.5) is 8.78 Å². The van der Waals surface area contributed by atoms with Crippen molar-refractivity contribution in [1.29, 1.82) is 0 Å². The van der Waals surface area contributed by atoms with Crippen LogP contribution < -0.4 is 15.2 Å². The normalized spacial score (nSPS) is 17.1. The van der Waals surface area contributed by atoms with E-state index in [0.717, 1.165) is 0 Å². The molecule has 19 heavy (non-hydrogen) atoms. The first-order chi connectivity index (χ1) is 8.93. The average Bonchev–Trinajstić information content (AvgIpc) is 2.62. The molecule has 0 saturated carbocycles. The summed E-state index contributed by atoms with van der Waals surface area (Å²) in [5.74, 6) is -0.732. The maximum atomic E-state index is 13.0. The van der Waals surface area contributed by atoms with E-state index in [1.54, 1.807) is 6.92 Å². The van der Waals surface area contributed by atoms with Gasteiger partial charge in [-0.15, -0.1) is 8.78 Å². The number of ether oxygens (including phenoxy) is 3. The van der Waals surface area contributed by atoms with Gasteiger partial charge in [0.15, 0.2) is 11.5 Å². The van der Waals surface area contributed by atoms with E-state index in [2.05, 4.69) is 9.47 Å². The molecule has 0 saturated heterocycles. The van der Waals surface area contributed by atoms with Crippen molar-refractivity contribution in [3.63, 3.8) is 0 Å². The summed E-state index contributed by atoms with van der Waals surface area (Å²) in [5.41, 5.74) is 6.09. The fourth-order valence-electron chi connectivity index (χ4n) is 1.79. The topological polar surface area (TPSA) is 70.8 Å². The van der Waals surface area contributed by atoms with E-state index >= 15 is 0 Å². The molecule has 0 aromatic heterocycles. The fourth-order valence-corrected chi connectivity index (χ4v) is 1.79. The fraction of sp³-hybridized carbons (Fsp3) is 0.417. The molecule has 5 nitrogen and oxygen atoms in total. The van der Waals surface area contributed by atoms with E-state index in [1.807, 2.05) is 0 Å². The van der Waals surface area contributed by atoms with Gasteiger partial charge in [0.2, 0.25) is 0 Å². The Hall–Kier alpha value is -1.89. The van der Waals surface area contributed by atoms with Crippen LogP contribution in [0.1, 0.15) is 24.9 Å². The Morgan fingerprint density at radius 3 is 2.89 bits per heavy atom. The number of alkyl halides is 2. The summed E-state index contributed by atoms with van der Waals surface area (Å²) >= 11 is 0. The maximum absolute atomic E-state index is 13.0. The van der Waals surface area contributed by atoms with Crippen LogP contribution in [-0.4, -0.2) is 18.9 Å². The minimum atomic E-state index is -3.71. The first-order valence-electron chi connectivity index (χ1n) is 5.73. The molecule has 0 bridgehead atoms. The smallest absolute Gasteiger partial charge is 0.466 e. The van der Waals surface area contributed by atoms with E-state index in [4.69, 9.17) is 10.5 Å². The molecule has 0 spiro atoms. The van der Waals surface area contributed by atoms with Gasteiger partial charge >= 0.3 is 12.3 Å². The summed E-state index contributed by atoms with van der Waals surface area (Å²) < 4.78 is 39.4. The van der Waals surface area contributed by atoms with E-state index < -0.39 is 18.3 Å². The van der Waals surface area contributed by atoms with Crippen molar-refractivity contribution in [3.05, 3.63) is 23.8 Å². The molecule has 0 fully saturated rings. The Balaban J connectivity index is 2.18. The average molecular weight is 273 g/mol. The summed E-state index contributed by atoms with van der Waals surface area (Å²) in [6, 6.07) is 3.56. The second kappa shape index (κ2) is 5.00. The molecule has 1 aromatic carbocycles. The number of rotatable bonds is 4. The lowest BCUT2D eigenvalue weighted by molar-refractivity contribution is -0.287. The van der Waals surface area contributed by atoms with Crippen molar-refractivity contribution in [3.8, 4) is 11.5 Å². The Morgan fingerprint density at radius 1 is 1.47 bits per heavy atom. The van der Waals surface area contributed by atoms with Gasteiger partial charge in [0.1, 0.15) is 0 Å². The number of fused-ring (bicyclic) bond motifs is 1. The summed E-state index contributed by atoms with van der Waals surface area (Å²) in [7, 11) is 0. The molecule has 1 heterocycles. The Kier molecular flexibility index (Phi) is 3.57. The number of para-hydroxylation sites is 1. The van der Waals surface area contributed by atoms with Gasteiger partial charge in [-0.2, -0.15) is 0 Å². The van der Waals surface area contributed by atoms with Gasteiger partial charge in [-0.1, -0.05) is 12.1 Å². The molecule has 1 aromatic rings. The number of benzene rings is 1. The zero-order valence-electron chi connectivity index (χ0n) is 10.2. The molecule has 7 heteroatoms. The zero-order chi connectivity index (χ0) is 14.0. The Bertz CT molecular complexity index is 493. The van der Waals surface area contributed by atoms with Crippen LogP contribution in [0.3, 0.4) is 0 Å². The van der Waals surface area contributed by atoms with Crippen LogP contribution in [0.15, 0.2) is 18.2 Å². The SMILES string of the molecule is CCOC(=O)C[C@H](N)c1cccc2c1OC(F)(F)O2. The summed E-state index contributed by atoms with van der Waals surface area (Å²) in [5, 5.41) is 0. The predicted molar refractivity (Wildman–Crippen MR) is 60.8 cm³/mol. The summed E-state index contributed by atoms with van der Waals surface area (Å²) in [6.07, 6.45) is -3.83. The Morgan fingerprint density at radius 2 is 2.21 bits per heavy atom. The summed E-state index contributed by atoms with van der Waals surface area (Å²) in [4.78, 5) is 11.3. The lowest BCUT2D eigenvalue weighted by Gasteiger charge is -2.13. The van der Waals surface area contributed by atoms with Crippen molar-refractivity contribution < 1.29 is 27.8 Å². The number of nitrogens with two attached hydrogens (primary N) is 1. The Labute approximate surface area is 108 Å². The van der Waals surface area contributed by atoms with Gasteiger partial charge in [-0.25, -0.2) is 0 Å². The monoisotopic (exact) mass is 273 g/mol. The van der Waals surface area contributed by atoms with Crippen molar-refractivity contribution in [2.45, 2.75) is 25.7 Å². The largest absolute Gasteiger partial charge is 0.586 e. The number of hydrogen-bond donors (Lipinski definition) is 1. The van der Waals surface area contributed by atoms with Gasteiger partial charge < -0.3 is 19.9 Å². The van der Waals surface area contributed by atoms with Crippen LogP contribution in [0.5, 0.6) is 11.5 Å². The third kappa shape index (κ3) is 2.93. The molecule has 0 amide bonds. The quantitative estimate of drug-likeness (QED) is 0.849. The highest BCUT2D eigenvalue weighted by Crippen LogP contribution is 2.45. The number of esters is 1. The van der Waals surface area contributed by atoms with E-state index in [-0.39, 0.29) is 30.1 Å². The molecular formula is C12H13F2NO4. The molecule has 104 valence electrons.